The molecule has 1 aromatic heterocycles. The molecule has 0 aliphatic carbocycles. The van der Waals surface area contributed by atoms with Crippen LogP contribution in [-0.2, 0) is 6.42 Å². The minimum atomic E-state index is -0.389. The Balaban J connectivity index is 2.38. The average molecular weight is 281 g/mol. The second-order valence-corrected chi connectivity index (χ2v) is 4.55. The summed E-state index contributed by atoms with van der Waals surface area (Å²) < 4.78 is 19.4. The number of nitrogens with zero attached hydrogens (tertiary/aromatic N) is 2. The maximum absolute atomic E-state index is 13.9. The van der Waals surface area contributed by atoms with Crippen LogP contribution in [0.15, 0.2) is 24.5 Å². The second-order valence-electron chi connectivity index (χ2n) is 4.19. The van der Waals surface area contributed by atoms with Gasteiger partial charge in [-0.2, -0.15) is 0 Å². The number of rotatable bonds is 4. The highest BCUT2D eigenvalue weighted by atomic mass is 35.5. The Morgan fingerprint density at radius 1 is 1.32 bits per heavy atom. The van der Waals surface area contributed by atoms with Crippen molar-refractivity contribution in [1.82, 2.24) is 9.97 Å². The molecule has 0 saturated carbocycles. The third-order valence-corrected chi connectivity index (χ3v) is 3.04. The van der Waals surface area contributed by atoms with Crippen molar-refractivity contribution in [3.05, 3.63) is 46.6 Å². The summed E-state index contributed by atoms with van der Waals surface area (Å²) >= 11 is 6.02. The normalized spacial score (nSPS) is 10.5. The Morgan fingerprint density at radius 2 is 2.11 bits per heavy atom. The molecule has 0 unspecified atom stereocenters. The van der Waals surface area contributed by atoms with Gasteiger partial charge in [0.05, 0.1) is 5.56 Å². The molecule has 0 aliphatic heterocycles. The monoisotopic (exact) mass is 280 g/mol. The molecule has 0 fully saturated rings. The van der Waals surface area contributed by atoms with Gasteiger partial charge < -0.3 is 4.74 Å². The van der Waals surface area contributed by atoms with Gasteiger partial charge >= 0.3 is 0 Å². The number of ether oxygens (including phenoxy) is 1. The fourth-order valence-corrected chi connectivity index (χ4v) is 1.95. The van der Waals surface area contributed by atoms with Crippen molar-refractivity contribution in [1.29, 1.82) is 0 Å². The van der Waals surface area contributed by atoms with Gasteiger partial charge in [-0.05, 0) is 25.0 Å². The van der Waals surface area contributed by atoms with E-state index in [0.29, 0.717) is 28.6 Å². The quantitative estimate of drug-likeness (QED) is 0.782. The van der Waals surface area contributed by atoms with Gasteiger partial charge in [0.2, 0.25) is 5.88 Å². The molecule has 0 saturated heterocycles. The Morgan fingerprint density at radius 3 is 2.84 bits per heavy atom. The molecule has 2 rings (SSSR count). The Kier molecular flexibility index (Phi) is 4.32. The van der Waals surface area contributed by atoms with Crippen LogP contribution in [0.25, 0.3) is 0 Å². The maximum Gasteiger partial charge on any atom is 0.227 e. The van der Waals surface area contributed by atoms with Gasteiger partial charge in [-0.25, -0.2) is 14.4 Å². The van der Waals surface area contributed by atoms with Crippen molar-refractivity contribution in [2.75, 3.05) is 0 Å². The first-order valence-corrected chi connectivity index (χ1v) is 6.43. The second kappa shape index (κ2) is 5.97. The molecule has 3 nitrogen and oxygen atoms in total. The molecule has 2 aromatic rings. The zero-order valence-electron chi connectivity index (χ0n) is 10.8. The lowest BCUT2D eigenvalue weighted by Crippen LogP contribution is -1.99. The number of aryl methyl sites for hydroxylation is 1. The summed E-state index contributed by atoms with van der Waals surface area (Å²) in [6, 6.07) is 4.98. The van der Waals surface area contributed by atoms with Gasteiger partial charge in [-0.3, -0.25) is 0 Å². The fourth-order valence-electron chi connectivity index (χ4n) is 1.73. The smallest absolute Gasteiger partial charge is 0.227 e. The van der Waals surface area contributed by atoms with Crippen molar-refractivity contribution in [3.63, 3.8) is 0 Å². The van der Waals surface area contributed by atoms with Crippen molar-refractivity contribution in [2.24, 2.45) is 0 Å². The van der Waals surface area contributed by atoms with E-state index in [1.807, 2.05) is 6.92 Å². The summed E-state index contributed by atoms with van der Waals surface area (Å²) in [5.41, 5.74) is 1.22. The summed E-state index contributed by atoms with van der Waals surface area (Å²) in [5.74, 6) is 0.0677. The minimum Gasteiger partial charge on any atom is -0.435 e. The molecule has 1 aromatic carbocycles. The van der Waals surface area contributed by atoms with Gasteiger partial charge in [-0.1, -0.05) is 37.1 Å². The van der Waals surface area contributed by atoms with Gasteiger partial charge in [-0.15, -0.1) is 0 Å². The third-order valence-electron chi connectivity index (χ3n) is 2.72. The zero-order valence-corrected chi connectivity index (χ0v) is 11.5. The molecule has 0 N–H and O–H groups in total. The topological polar surface area (TPSA) is 35.0 Å². The van der Waals surface area contributed by atoms with Crippen LogP contribution in [0.4, 0.5) is 4.39 Å². The zero-order chi connectivity index (χ0) is 13.8. The molecule has 100 valence electrons. The molecule has 0 spiro atoms. The SMILES string of the molecule is CCCc1c(Cl)ncnc1Oc1cccc(C)c1F. The number of aromatic nitrogens is 2. The van der Waals surface area contributed by atoms with Crippen molar-refractivity contribution >= 4 is 11.6 Å². The lowest BCUT2D eigenvalue weighted by Gasteiger charge is -2.11. The minimum absolute atomic E-state index is 0.145. The molecule has 1 heterocycles. The van der Waals surface area contributed by atoms with Crippen LogP contribution in [0.3, 0.4) is 0 Å². The molecule has 0 radical (unpaired) electrons. The Bertz CT molecular complexity index is 590. The van der Waals surface area contributed by atoms with E-state index in [9.17, 15) is 4.39 Å². The van der Waals surface area contributed by atoms with E-state index >= 15 is 0 Å². The highest BCUT2D eigenvalue weighted by Crippen LogP contribution is 2.30. The molecule has 5 heteroatoms. The van der Waals surface area contributed by atoms with Gasteiger partial charge in [0.25, 0.3) is 0 Å². The van der Waals surface area contributed by atoms with Crippen LogP contribution in [-0.4, -0.2) is 9.97 Å². The Labute approximate surface area is 116 Å². The summed E-state index contributed by atoms with van der Waals surface area (Å²) in [5, 5.41) is 0.347. The molecular weight excluding hydrogens is 267 g/mol. The first-order valence-electron chi connectivity index (χ1n) is 6.05. The van der Waals surface area contributed by atoms with E-state index in [4.69, 9.17) is 16.3 Å². The van der Waals surface area contributed by atoms with Gasteiger partial charge in [0.1, 0.15) is 11.5 Å². The molecule has 0 atom stereocenters. The van der Waals surface area contributed by atoms with E-state index < -0.39 is 0 Å². The lowest BCUT2D eigenvalue weighted by atomic mass is 10.2. The van der Waals surface area contributed by atoms with Crippen LogP contribution < -0.4 is 4.74 Å². The van der Waals surface area contributed by atoms with E-state index in [0.717, 1.165) is 6.42 Å². The summed E-state index contributed by atoms with van der Waals surface area (Å²) in [6.07, 6.45) is 2.87. The standard InChI is InChI=1S/C14H14ClFN2O/c1-3-5-10-13(15)17-8-18-14(10)19-11-7-4-6-9(2)12(11)16/h4,6-8H,3,5H2,1-2H3. The van der Waals surface area contributed by atoms with E-state index in [1.54, 1.807) is 25.1 Å². The van der Waals surface area contributed by atoms with Crippen molar-refractivity contribution < 1.29 is 9.13 Å². The number of hydrogen-bond donors (Lipinski definition) is 0. The fraction of sp³-hybridized carbons (Fsp3) is 0.286. The summed E-state index contributed by atoms with van der Waals surface area (Å²) in [6.45, 7) is 3.70. The van der Waals surface area contributed by atoms with Gasteiger partial charge in [0, 0.05) is 0 Å². The summed E-state index contributed by atoms with van der Waals surface area (Å²) in [4.78, 5) is 7.96. The third kappa shape index (κ3) is 3.01. The highest BCUT2D eigenvalue weighted by Gasteiger charge is 2.14. The molecule has 0 aliphatic rings. The van der Waals surface area contributed by atoms with Crippen LogP contribution >= 0.6 is 11.6 Å². The van der Waals surface area contributed by atoms with E-state index in [2.05, 4.69) is 9.97 Å². The summed E-state index contributed by atoms with van der Waals surface area (Å²) in [7, 11) is 0. The van der Waals surface area contributed by atoms with Crippen molar-refractivity contribution in [3.8, 4) is 11.6 Å². The van der Waals surface area contributed by atoms with Crippen LogP contribution in [0.5, 0.6) is 11.6 Å². The van der Waals surface area contributed by atoms with E-state index in [1.165, 1.54) is 6.33 Å². The molecular formula is C14H14ClFN2O. The van der Waals surface area contributed by atoms with Crippen LogP contribution in [0, 0.1) is 12.7 Å². The lowest BCUT2D eigenvalue weighted by molar-refractivity contribution is 0.419. The predicted octanol–water partition coefficient (Wildman–Crippen LogP) is 4.32. The average Bonchev–Trinajstić information content (AvgIpc) is 2.39. The first-order chi connectivity index (χ1) is 9.13. The molecule has 0 bridgehead atoms. The predicted molar refractivity (Wildman–Crippen MR) is 72.2 cm³/mol. The van der Waals surface area contributed by atoms with Crippen LogP contribution in [0.1, 0.15) is 24.5 Å². The highest BCUT2D eigenvalue weighted by molar-refractivity contribution is 6.30. The maximum atomic E-state index is 13.9. The molecule has 19 heavy (non-hydrogen) atoms. The number of halogens is 2. The van der Waals surface area contributed by atoms with Gasteiger partial charge in [0.15, 0.2) is 11.6 Å². The van der Waals surface area contributed by atoms with Crippen molar-refractivity contribution in [2.45, 2.75) is 26.7 Å². The van der Waals surface area contributed by atoms with Crippen LogP contribution in [0.2, 0.25) is 5.15 Å². The number of hydrogen-bond acceptors (Lipinski definition) is 3. The Hall–Kier alpha value is -1.68. The first kappa shape index (κ1) is 13.7. The molecule has 0 amide bonds. The van der Waals surface area contributed by atoms with E-state index in [-0.39, 0.29) is 11.6 Å². The number of benzene rings is 1. The largest absolute Gasteiger partial charge is 0.435 e.